The van der Waals surface area contributed by atoms with Gasteiger partial charge in [-0.3, -0.25) is 0 Å². The molecule has 1 aliphatic carbocycles. The SMILES string of the molecule is O=[N+]([O-])c1cnc2ccc(N3CCC4(O)CCCCC4C3)nn12. The lowest BCUT2D eigenvalue weighted by atomic mass is 9.71. The topological polar surface area (TPSA) is 96.8 Å². The molecule has 0 bridgehead atoms. The van der Waals surface area contributed by atoms with E-state index in [9.17, 15) is 15.2 Å². The Balaban J connectivity index is 1.64. The summed E-state index contributed by atoms with van der Waals surface area (Å²) >= 11 is 0. The molecule has 2 aromatic heterocycles. The first-order valence-electron chi connectivity index (χ1n) is 8.03. The number of nitrogens with zero attached hydrogens (tertiary/aromatic N) is 5. The van der Waals surface area contributed by atoms with E-state index in [2.05, 4.69) is 15.0 Å². The van der Waals surface area contributed by atoms with Gasteiger partial charge in [0.15, 0.2) is 5.82 Å². The summed E-state index contributed by atoms with van der Waals surface area (Å²) in [6, 6.07) is 3.59. The summed E-state index contributed by atoms with van der Waals surface area (Å²) in [5.74, 6) is 0.819. The molecular formula is C15H19N5O3. The summed E-state index contributed by atoms with van der Waals surface area (Å²) < 4.78 is 1.27. The fourth-order valence-electron chi connectivity index (χ4n) is 3.92. The van der Waals surface area contributed by atoms with Gasteiger partial charge in [0, 0.05) is 25.1 Å². The van der Waals surface area contributed by atoms with E-state index in [4.69, 9.17) is 0 Å². The van der Waals surface area contributed by atoms with E-state index in [1.807, 2.05) is 6.07 Å². The minimum atomic E-state index is -0.542. The number of hydrogen-bond donors (Lipinski definition) is 1. The van der Waals surface area contributed by atoms with E-state index in [-0.39, 0.29) is 11.7 Å². The van der Waals surface area contributed by atoms with Crippen LogP contribution in [0.2, 0.25) is 0 Å². The number of nitro groups is 1. The summed E-state index contributed by atoms with van der Waals surface area (Å²) in [7, 11) is 0. The Morgan fingerprint density at radius 1 is 1.35 bits per heavy atom. The Labute approximate surface area is 132 Å². The fourth-order valence-corrected chi connectivity index (χ4v) is 3.92. The maximum absolute atomic E-state index is 11.1. The molecule has 2 atom stereocenters. The average Bonchev–Trinajstić information content (AvgIpc) is 2.97. The Morgan fingerprint density at radius 3 is 3.04 bits per heavy atom. The Kier molecular flexibility index (Phi) is 3.22. The summed E-state index contributed by atoms with van der Waals surface area (Å²) in [6.45, 7) is 1.46. The molecule has 8 heteroatoms. The van der Waals surface area contributed by atoms with E-state index >= 15 is 0 Å². The van der Waals surface area contributed by atoms with Gasteiger partial charge in [-0.1, -0.05) is 22.5 Å². The molecular weight excluding hydrogens is 298 g/mol. The minimum absolute atomic E-state index is 0.131. The molecule has 23 heavy (non-hydrogen) atoms. The maximum atomic E-state index is 11.1. The molecule has 2 fully saturated rings. The molecule has 0 aromatic carbocycles. The second-order valence-electron chi connectivity index (χ2n) is 6.58. The van der Waals surface area contributed by atoms with Crippen molar-refractivity contribution in [2.75, 3.05) is 18.0 Å². The zero-order valence-electron chi connectivity index (χ0n) is 12.8. The molecule has 122 valence electrons. The van der Waals surface area contributed by atoms with Crippen LogP contribution in [0.15, 0.2) is 18.3 Å². The van der Waals surface area contributed by atoms with Crippen LogP contribution in [0.5, 0.6) is 0 Å². The van der Waals surface area contributed by atoms with Crippen molar-refractivity contribution in [2.24, 2.45) is 5.92 Å². The Morgan fingerprint density at radius 2 is 2.22 bits per heavy atom. The maximum Gasteiger partial charge on any atom is 0.368 e. The van der Waals surface area contributed by atoms with Gasteiger partial charge >= 0.3 is 5.82 Å². The summed E-state index contributed by atoms with van der Waals surface area (Å²) in [5.41, 5.74) is -0.0773. The third kappa shape index (κ3) is 2.33. The minimum Gasteiger partial charge on any atom is -0.389 e. The molecule has 1 aliphatic heterocycles. The number of aliphatic hydroxyl groups is 1. The van der Waals surface area contributed by atoms with E-state index < -0.39 is 10.5 Å². The lowest BCUT2D eigenvalue weighted by Gasteiger charge is -2.47. The van der Waals surface area contributed by atoms with Crippen LogP contribution >= 0.6 is 0 Å². The van der Waals surface area contributed by atoms with E-state index in [1.165, 1.54) is 10.7 Å². The summed E-state index contributed by atoms with van der Waals surface area (Å²) in [6.07, 6.45) is 6.11. The van der Waals surface area contributed by atoms with Gasteiger partial charge in [0.1, 0.15) is 6.20 Å². The van der Waals surface area contributed by atoms with Gasteiger partial charge in [0.05, 0.1) is 5.60 Å². The largest absolute Gasteiger partial charge is 0.389 e. The van der Waals surface area contributed by atoms with E-state index in [1.54, 1.807) is 6.07 Å². The van der Waals surface area contributed by atoms with E-state index in [0.717, 1.165) is 38.6 Å². The fraction of sp³-hybridized carbons (Fsp3) is 0.600. The highest BCUT2D eigenvalue weighted by atomic mass is 16.6. The third-order valence-electron chi connectivity index (χ3n) is 5.27. The lowest BCUT2D eigenvalue weighted by Crippen LogP contribution is -2.53. The molecule has 2 aliphatic rings. The van der Waals surface area contributed by atoms with Crippen LogP contribution in [0.3, 0.4) is 0 Å². The zero-order chi connectivity index (χ0) is 16.0. The zero-order valence-corrected chi connectivity index (χ0v) is 12.8. The van der Waals surface area contributed by atoms with Crippen LogP contribution in [0, 0.1) is 16.0 Å². The van der Waals surface area contributed by atoms with Crippen molar-refractivity contribution in [3.8, 4) is 0 Å². The lowest BCUT2D eigenvalue weighted by molar-refractivity contribution is -0.391. The number of piperidine rings is 1. The highest BCUT2D eigenvalue weighted by molar-refractivity contribution is 5.49. The second-order valence-corrected chi connectivity index (χ2v) is 6.58. The van der Waals surface area contributed by atoms with Crippen molar-refractivity contribution in [2.45, 2.75) is 37.7 Å². The Bertz CT molecular complexity index is 761. The van der Waals surface area contributed by atoms with Crippen LogP contribution in [-0.4, -0.2) is 43.3 Å². The predicted molar refractivity (Wildman–Crippen MR) is 83.4 cm³/mol. The quantitative estimate of drug-likeness (QED) is 0.670. The molecule has 1 saturated heterocycles. The molecule has 0 amide bonds. The average molecular weight is 317 g/mol. The first kappa shape index (κ1) is 14.4. The molecule has 4 rings (SSSR count). The molecule has 3 heterocycles. The highest BCUT2D eigenvalue weighted by Gasteiger charge is 2.43. The van der Waals surface area contributed by atoms with Gasteiger partial charge in [-0.15, -0.1) is 0 Å². The molecule has 1 saturated carbocycles. The van der Waals surface area contributed by atoms with Crippen molar-refractivity contribution < 1.29 is 10.0 Å². The van der Waals surface area contributed by atoms with Crippen molar-refractivity contribution in [3.05, 3.63) is 28.4 Å². The van der Waals surface area contributed by atoms with Crippen LogP contribution in [0.4, 0.5) is 11.6 Å². The molecule has 2 aromatic rings. The summed E-state index contributed by atoms with van der Waals surface area (Å²) in [4.78, 5) is 16.7. The number of imidazole rings is 1. The molecule has 0 radical (unpaired) electrons. The van der Waals surface area contributed by atoms with Gasteiger partial charge in [-0.05, 0) is 30.3 Å². The standard InChI is InChI=1S/C15H19N5O3/c21-15-6-2-1-3-11(15)10-18(8-7-15)13-5-4-12-16-9-14(20(22)23)19(12)17-13/h4-5,9,11,21H,1-3,6-8,10H2. The van der Waals surface area contributed by atoms with Gasteiger partial charge < -0.3 is 20.1 Å². The number of fused-ring (bicyclic) bond motifs is 2. The molecule has 1 N–H and O–H groups in total. The van der Waals surface area contributed by atoms with Gasteiger partial charge in [-0.2, -0.15) is 0 Å². The molecule has 0 spiro atoms. The monoisotopic (exact) mass is 317 g/mol. The normalized spacial score (nSPS) is 27.9. The van der Waals surface area contributed by atoms with Crippen molar-refractivity contribution in [3.63, 3.8) is 0 Å². The van der Waals surface area contributed by atoms with Crippen LogP contribution in [0.1, 0.15) is 32.1 Å². The van der Waals surface area contributed by atoms with Gasteiger partial charge in [-0.25, -0.2) is 4.98 Å². The number of rotatable bonds is 2. The second kappa shape index (κ2) is 5.16. The van der Waals surface area contributed by atoms with Crippen molar-refractivity contribution in [1.82, 2.24) is 14.6 Å². The smallest absolute Gasteiger partial charge is 0.368 e. The Hall–Kier alpha value is -2.22. The van der Waals surface area contributed by atoms with Gasteiger partial charge in [0.2, 0.25) is 5.65 Å². The number of aromatic nitrogens is 3. The van der Waals surface area contributed by atoms with Crippen LogP contribution < -0.4 is 4.90 Å². The number of hydrogen-bond acceptors (Lipinski definition) is 6. The summed E-state index contributed by atoms with van der Waals surface area (Å²) in [5, 5.41) is 26.2. The van der Waals surface area contributed by atoms with Crippen molar-refractivity contribution >= 4 is 17.3 Å². The first-order valence-corrected chi connectivity index (χ1v) is 8.03. The predicted octanol–water partition coefficient (Wildman–Crippen LogP) is 1.77. The number of anilines is 1. The van der Waals surface area contributed by atoms with Crippen molar-refractivity contribution in [1.29, 1.82) is 0 Å². The highest BCUT2D eigenvalue weighted by Crippen LogP contribution is 2.40. The third-order valence-corrected chi connectivity index (χ3v) is 5.27. The molecule has 8 nitrogen and oxygen atoms in total. The molecule has 2 unspecified atom stereocenters. The first-order chi connectivity index (χ1) is 11.1. The van der Waals surface area contributed by atoms with Gasteiger partial charge in [0.25, 0.3) is 0 Å². The van der Waals surface area contributed by atoms with E-state index in [0.29, 0.717) is 18.0 Å². The van der Waals surface area contributed by atoms with Crippen LogP contribution in [0.25, 0.3) is 5.65 Å². The van der Waals surface area contributed by atoms with Crippen LogP contribution in [-0.2, 0) is 0 Å².